The third-order valence-electron chi connectivity index (χ3n) is 2.64. The Morgan fingerprint density at radius 2 is 1.53 bits per heavy atom. The van der Waals surface area contributed by atoms with Crippen molar-refractivity contribution in [3.05, 3.63) is 64.7 Å². The van der Waals surface area contributed by atoms with E-state index >= 15 is 0 Å². The van der Waals surface area contributed by atoms with Crippen LogP contribution in [0.5, 0.6) is 5.75 Å². The predicted molar refractivity (Wildman–Crippen MR) is 74.8 cm³/mol. The van der Waals surface area contributed by atoms with Crippen LogP contribution < -0.4 is 0 Å². The molecule has 0 radical (unpaired) electrons. The van der Waals surface area contributed by atoms with E-state index in [1.165, 1.54) is 5.56 Å². The van der Waals surface area contributed by atoms with Crippen molar-refractivity contribution in [2.75, 3.05) is 0 Å². The van der Waals surface area contributed by atoms with E-state index in [9.17, 15) is 5.11 Å². The van der Waals surface area contributed by atoms with Crippen LogP contribution in [-0.2, 0) is 0 Å². The summed E-state index contributed by atoms with van der Waals surface area (Å²) < 4.78 is 0. The standard InChI is InChI=1S/C15H14OS/c1-10-3-5-12(6-4-10)15(17)13-7-11(2)8-14(16)9-13/h3-9,16H,1-2H3. The number of aromatic hydroxyl groups is 1. The third-order valence-corrected chi connectivity index (χ3v) is 3.11. The second-order valence-electron chi connectivity index (χ2n) is 4.25. The molecule has 0 heterocycles. The number of phenolic OH excluding ortho intramolecular Hbond substituents is 1. The lowest BCUT2D eigenvalue weighted by Gasteiger charge is -2.07. The molecule has 0 saturated heterocycles. The normalized spacial score (nSPS) is 10.2. The van der Waals surface area contributed by atoms with Gasteiger partial charge in [-0.15, -0.1) is 0 Å². The molecule has 0 atom stereocenters. The van der Waals surface area contributed by atoms with Gasteiger partial charge in [-0.25, -0.2) is 0 Å². The van der Waals surface area contributed by atoms with E-state index in [1.807, 2.05) is 44.2 Å². The molecule has 0 saturated carbocycles. The molecule has 86 valence electrons. The summed E-state index contributed by atoms with van der Waals surface area (Å²) in [6.45, 7) is 3.99. The van der Waals surface area contributed by atoms with Crippen molar-refractivity contribution in [1.82, 2.24) is 0 Å². The topological polar surface area (TPSA) is 20.2 Å². The van der Waals surface area contributed by atoms with Gasteiger partial charge < -0.3 is 5.11 Å². The predicted octanol–water partition coefficient (Wildman–Crippen LogP) is 3.78. The Labute approximate surface area is 107 Å². The van der Waals surface area contributed by atoms with Crippen LogP contribution in [0.15, 0.2) is 42.5 Å². The largest absolute Gasteiger partial charge is 0.508 e. The molecule has 0 aliphatic carbocycles. The van der Waals surface area contributed by atoms with Crippen molar-refractivity contribution < 1.29 is 5.11 Å². The van der Waals surface area contributed by atoms with Crippen molar-refractivity contribution in [2.24, 2.45) is 0 Å². The Morgan fingerprint density at radius 1 is 0.882 bits per heavy atom. The Morgan fingerprint density at radius 3 is 2.12 bits per heavy atom. The van der Waals surface area contributed by atoms with Crippen LogP contribution in [0.3, 0.4) is 0 Å². The highest BCUT2D eigenvalue weighted by Crippen LogP contribution is 2.19. The molecule has 2 rings (SSSR count). The SMILES string of the molecule is Cc1ccc(C(=S)c2cc(C)cc(O)c2)cc1. The number of hydrogen-bond donors (Lipinski definition) is 1. The van der Waals surface area contributed by atoms with E-state index in [-0.39, 0.29) is 5.75 Å². The summed E-state index contributed by atoms with van der Waals surface area (Å²) in [5.41, 5.74) is 4.12. The van der Waals surface area contributed by atoms with E-state index in [4.69, 9.17) is 12.2 Å². The number of aryl methyl sites for hydroxylation is 2. The van der Waals surface area contributed by atoms with E-state index in [1.54, 1.807) is 12.1 Å². The van der Waals surface area contributed by atoms with Crippen LogP contribution in [0, 0.1) is 13.8 Å². The van der Waals surface area contributed by atoms with Crippen LogP contribution in [0.4, 0.5) is 0 Å². The Balaban J connectivity index is 2.40. The molecular weight excluding hydrogens is 228 g/mol. The van der Waals surface area contributed by atoms with Crippen LogP contribution in [0.1, 0.15) is 22.3 Å². The van der Waals surface area contributed by atoms with Gasteiger partial charge in [0, 0.05) is 0 Å². The van der Waals surface area contributed by atoms with E-state index in [2.05, 4.69) is 0 Å². The molecule has 17 heavy (non-hydrogen) atoms. The molecule has 1 N–H and O–H groups in total. The molecule has 0 amide bonds. The summed E-state index contributed by atoms with van der Waals surface area (Å²) in [6, 6.07) is 13.5. The van der Waals surface area contributed by atoms with Crippen molar-refractivity contribution in [2.45, 2.75) is 13.8 Å². The lowest BCUT2D eigenvalue weighted by molar-refractivity contribution is 0.475. The molecule has 0 aliphatic heterocycles. The van der Waals surface area contributed by atoms with Crippen LogP contribution in [-0.4, -0.2) is 9.97 Å². The molecular formula is C15H14OS. The fourth-order valence-electron chi connectivity index (χ4n) is 1.77. The van der Waals surface area contributed by atoms with Gasteiger partial charge in [0.2, 0.25) is 0 Å². The van der Waals surface area contributed by atoms with Crippen LogP contribution >= 0.6 is 12.2 Å². The Hall–Kier alpha value is -1.67. The van der Waals surface area contributed by atoms with E-state index < -0.39 is 0 Å². The van der Waals surface area contributed by atoms with Crippen molar-refractivity contribution in [1.29, 1.82) is 0 Å². The van der Waals surface area contributed by atoms with Gasteiger partial charge in [0.15, 0.2) is 0 Å². The van der Waals surface area contributed by atoms with Crippen LogP contribution in [0.2, 0.25) is 0 Å². The number of rotatable bonds is 2. The Kier molecular flexibility index (Phi) is 3.25. The maximum Gasteiger partial charge on any atom is 0.116 e. The number of phenols is 1. The summed E-state index contributed by atoms with van der Waals surface area (Å²) in [6.07, 6.45) is 0. The molecule has 0 spiro atoms. The van der Waals surface area contributed by atoms with Crippen molar-refractivity contribution in [3.8, 4) is 5.75 Å². The quantitative estimate of drug-likeness (QED) is 0.639. The molecule has 0 fully saturated rings. The fourth-order valence-corrected chi connectivity index (χ4v) is 2.02. The lowest BCUT2D eigenvalue weighted by Crippen LogP contribution is -1.99. The van der Waals surface area contributed by atoms with Gasteiger partial charge >= 0.3 is 0 Å². The second-order valence-corrected chi connectivity index (χ2v) is 4.66. The first kappa shape index (κ1) is 11.8. The minimum atomic E-state index is 0.259. The fraction of sp³-hybridized carbons (Fsp3) is 0.133. The van der Waals surface area contributed by atoms with Gasteiger partial charge in [-0.1, -0.05) is 48.1 Å². The number of thiocarbonyl (C=S) groups is 1. The third kappa shape index (κ3) is 2.71. The number of benzene rings is 2. The lowest BCUT2D eigenvalue weighted by atomic mass is 10.0. The average Bonchev–Trinajstić information content (AvgIpc) is 2.28. The molecule has 0 aromatic heterocycles. The zero-order valence-corrected chi connectivity index (χ0v) is 10.7. The highest BCUT2D eigenvalue weighted by atomic mass is 32.1. The molecule has 0 bridgehead atoms. The van der Waals surface area contributed by atoms with Gasteiger partial charge in [-0.3, -0.25) is 0 Å². The second kappa shape index (κ2) is 4.68. The van der Waals surface area contributed by atoms with Crippen LogP contribution in [0.25, 0.3) is 0 Å². The number of hydrogen-bond acceptors (Lipinski definition) is 2. The zero-order chi connectivity index (χ0) is 12.4. The highest BCUT2D eigenvalue weighted by Gasteiger charge is 2.06. The van der Waals surface area contributed by atoms with Gasteiger partial charge in [0.05, 0.1) is 4.86 Å². The summed E-state index contributed by atoms with van der Waals surface area (Å²) in [5, 5.41) is 9.57. The first-order chi connectivity index (χ1) is 8.06. The summed E-state index contributed by atoms with van der Waals surface area (Å²) >= 11 is 5.44. The molecule has 0 unspecified atom stereocenters. The van der Waals surface area contributed by atoms with E-state index in [0.29, 0.717) is 0 Å². The van der Waals surface area contributed by atoms with Gasteiger partial charge in [-0.2, -0.15) is 0 Å². The summed E-state index contributed by atoms with van der Waals surface area (Å²) in [5.74, 6) is 0.259. The molecule has 2 heteroatoms. The maximum absolute atomic E-state index is 9.57. The van der Waals surface area contributed by atoms with Crippen molar-refractivity contribution >= 4 is 17.1 Å². The van der Waals surface area contributed by atoms with Crippen molar-refractivity contribution in [3.63, 3.8) is 0 Å². The maximum atomic E-state index is 9.57. The van der Waals surface area contributed by atoms with E-state index in [0.717, 1.165) is 21.6 Å². The minimum Gasteiger partial charge on any atom is -0.508 e. The molecule has 0 aliphatic rings. The Bertz CT molecular complexity index is 535. The first-order valence-electron chi connectivity index (χ1n) is 5.48. The van der Waals surface area contributed by atoms with Gasteiger partial charge in [0.25, 0.3) is 0 Å². The highest BCUT2D eigenvalue weighted by molar-refractivity contribution is 7.81. The molecule has 2 aromatic carbocycles. The van der Waals surface area contributed by atoms with Gasteiger partial charge in [0.1, 0.15) is 5.75 Å². The molecule has 1 nitrogen and oxygen atoms in total. The molecule has 2 aromatic rings. The smallest absolute Gasteiger partial charge is 0.116 e. The average molecular weight is 242 g/mol. The summed E-state index contributed by atoms with van der Waals surface area (Å²) in [4.78, 5) is 0.768. The first-order valence-corrected chi connectivity index (χ1v) is 5.89. The summed E-state index contributed by atoms with van der Waals surface area (Å²) in [7, 11) is 0. The van der Waals surface area contributed by atoms with Gasteiger partial charge in [-0.05, 0) is 42.7 Å². The minimum absolute atomic E-state index is 0.259. The monoisotopic (exact) mass is 242 g/mol. The zero-order valence-electron chi connectivity index (χ0n) is 9.90.